The number of allylic oxidation sites excluding steroid dienone is 1. The van der Waals surface area contributed by atoms with Gasteiger partial charge in [0.2, 0.25) is 0 Å². The van der Waals surface area contributed by atoms with E-state index in [1.807, 2.05) is 13.0 Å². The van der Waals surface area contributed by atoms with Gasteiger partial charge in [0, 0.05) is 30.1 Å². The van der Waals surface area contributed by atoms with E-state index in [0.29, 0.717) is 29.2 Å². The van der Waals surface area contributed by atoms with Gasteiger partial charge in [0.1, 0.15) is 0 Å². The summed E-state index contributed by atoms with van der Waals surface area (Å²) >= 11 is 0. The molecule has 4 nitrogen and oxygen atoms in total. The van der Waals surface area contributed by atoms with Gasteiger partial charge in [-0.25, -0.2) is 4.79 Å². The lowest BCUT2D eigenvalue weighted by Crippen LogP contribution is -2.65. The van der Waals surface area contributed by atoms with E-state index in [0.717, 1.165) is 32.1 Å². The number of aliphatic hydroxyl groups is 2. The number of rotatable bonds is 7. The fourth-order valence-electron chi connectivity index (χ4n) is 6.20. The van der Waals surface area contributed by atoms with Crippen LogP contribution in [0, 0.1) is 40.9 Å². The Balaban J connectivity index is 1.84. The smallest absolute Gasteiger partial charge is 0.331 e. The van der Waals surface area contributed by atoms with Crippen LogP contribution in [0.2, 0.25) is 0 Å². The van der Waals surface area contributed by atoms with Crippen molar-refractivity contribution in [2.75, 3.05) is 13.2 Å². The Kier molecular flexibility index (Phi) is 5.08. The summed E-state index contributed by atoms with van der Waals surface area (Å²) in [6.07, 6.45) is 7.94. The molecule has 4 heteroatoms. The minimum absolute atomic E-state index is 0.0240. The van der Waals surface area contributed by atoms with Gasteiger partial charge in [0.05, 0.1) is 0 Å². The summed E-state index contributed by atoms with van der Waals surface area (Å²) in [5, 5.41) is 29.2. The summed E-state index contributed by atoms with van der Waals surface area (Å²) in [6, 6.07) is 0. The minimum atomic E-state index is -0.795. The highest BCUT2D eigenvalue weighted by Crippen LogP contribution is 2.70. The number of aliphatic carboxylic acids is 1. The third-order valence-corrected chi connectivity index (χ3v) is 7.50. The Hall–Kier alpha value is -0.870. The average molecular weight is 336 g/mol. The maximum Gasteiger partial charge on any atom is 0.331 e. The van der Waals surface area contributed by atoms with Gasteiger partial charge in [-0.2, -0.15) is 0 Å². The predicted molar refractivity (Wildman–Crippen MR) is 92.3 cm³/mol. The van der Waals surface area contributed by atoms with Gasteiger partial charge >= 0.3 is 5.97 Å². The molecule has 0 bridgehead atoms. The summed E-state index contributed by atoms with van der Waals surface area (Å²) < 4.78 is 0. The molecule has 0 unspecified atom stereocenters. The quantitative estimate of drug-likeness (QED) is 0.667. The van der Waals surface area contributed by atoms with Crippen molar-refractivity contribution >= 4 is 5.97 Å². The Morgan fingerprint density at radius 2 is 2.12 bits per heavy atom. The van der Waals surface area contributed by atoms with E-state index in [9.17, 15) is 20.1 Å². The maximum atomic E-state index is 11.8. The first-order valence-electron chi connectivity index (χ1n) is 9.61. The van der Waals surface area contributed by atoms with Crippen LogP contribution in [0.15, 0.2) is 11.6 Å². The molecule has 2 saturated carbocycles. The molecule has 24 heavy (non-hydrogen) atoms. The number of carboxylic acid groups (broad SMARTS) is 1. The highest BCUT2D eigenvalue weighted by atomic mass is 16.4. The summed E-state index contributed by atoms with van der Waals surface area (Å²) in [5.74, 6) is 1.68. The molecule has 3 aliphatic rings. The summed E-state index contributed by atoms with van der Waals surface area (Å²) in [7, 11) is 0. The number of carboxylic acids is 1. The Morgan fingerprint density at radius 1 is 1.38 bits per heavy atom. The van der Waals surface area contributed by atoms with Gasteiger partial charge < -0.3 is 15.3 Å². The van der Waals surface area contributed by atoms with Crippen LogP contribution in [0.1, 0.15) is 52.4 Å². The molecule has 3 N–H and O–H groups in total. The summed E-state index contributed by atoms with van der Waals surface area (Å²) in [5.41, 5.74) is 0.314. The summed E-state index contributed by atoms with van der Waals surface area (Å²) in [6.45, 7) is 4.63. The second-order valence-corrected chi connectivity index (χ2v) is 8.65. The zero-order chi connectivity index (χ0) is 17.5. The Morgan fingerprint density at radius 3 is 2.75 bits per heavy atom. The first kappa shape index (κ1) is 17.9. The van der Waals surface area contributed by atoms with Crippen molar-refractivity contribution in [3.05, 3.63) is 11.6 Å². The molecule has 3 rings (SSSR count). The predicted octanol–water partition coefficient (Wildman–Crippen LogP) is 3.09. The molecular weight excluding hydrogens is 304 g/mol. The second-order valence-electron chi connectivity index (χ2n) is 8.65. The highest BCUT2D eigenvalue weighted by Gasteiger charge is 2.66. The van der Waals surface area contributed by atoms with Crippen molar-refractivity contribution in [1.82, 2.24) is 0 Å². The van der Waals surface area contributed by atoms with Crippen LogP contribution in [-0.2, 0) is 4.79 Å². The standard InChI is InChI=1S/C20H32O4/c1-12(10-21)4-3-9-20(11-22)16-8-5-13(2)14-6-7-15(19(23)24)18(20)17(14)16/h7,12-14,16-18,21-22H,3-6,8-11H2,1-2H3,(H,23,24)/t12-,13-,14-,16+,17-,18-,20-/m0/s1. The number of hydrogen-bond acceptors (Lipinski definition) is 3. The zero-order valence-corrected chi connectivity index (χ0v) is 14.9. The third kappa shape index (κ3) is 2.62. The third-order valence-electron chi connectivity index (χ3n) is 7.50. The van der Waals surface area contributed by atoms with Gasteiger partial charge in [-0.15, -0.1) is 0 Å². The molecule has 0 heterocycles. The molecule has 0 amide bonds. The fraction of sp³-hybridized carbons (Fsp3) is 0.850. The largest absolute Gasteiger partial charge is 0.478 e. The van der Waals surface area contributed by atoms with E-state index in [4.69, 9.17) is 0 Å². The van der Waals surface area contributed by atoms with E-state index in [1.165, 1.54) is 6.42 Å². The monoisotopic (exact) mass is 336 g/mol. The van der Waals surface area contributed by atoms with Gasteiger partial charge in [-0.05, 0) is 55.3 Å². The van der Waals surface area contributed by atoms with Crippen LogP contribution in [0.25, 0.3) is 0 Å². The van der Waals surface area contributed by atoms with Crippen LogP contribution >= 0.6 is 0 Å². The number of aliphatic hydroxyl groups excluding tert-OH is 2. The molecule has 0 aromatic rings. The average Bonchev–Trinajstić information content (AvgIpc) is 2.57. The SMILES string of the molecule is C[C@H](CO)CCC[C@]1(CO)[C@@H]2CC[C@H](C)[C@@H]3CC=C(C(=O)O)[C@H]1[C@@H]32. The zero-order valence-electron chi connectivity index (χ0n) is 14.9. The molecule has 0 radical (unpaired) electrons. The van der Waals surface area contributed by atoms with Gasteiger partial charge in [-0.1, -0.05) is 32.8 Å². The molecule has 0 saturated heterocycles. The van der Waals surface area contributed by atoms with Crippen molar-refractivity contribution in [3.8, 4) is 0 Å². The van der Waals surface area contributed by atoms with Gasteiger partial charge in [-0.3, -0.25) is 0 Å². The van der Waals surface area contributed by atoms with E-state index in [-0.39, 0.29) is 30.5 Å². The second kappa shape index (κ2) is 6.80. The van der Waals surface area contributed by atoms with Gasteiger partial charge in [0.15, 0.2) is 0 Å². The molecule has 0 aromatic heterocycles. The fourth-order valence-corrected chi connectivity index (χ4v) is 6.20. The van der Waals surface area contributed by atoms with E-state index in [2.05, 4.69) is 6.92 Å². The molecule has 0 spiro atoms. The number of carbonyl (C=O) groups is 1. The first-order valence-corrected chi connectivity index (χ1v) is 9.61. The van der Waals surface area contributed by atoms with Crippen molar-refractivity contribution < 1.29 is 20.1 Å². The van der Waals surface area contributed by atoms with Crippen molar-refractivity contribution in [3.63, 3.8) is 0 Å². The van der Waals surface area contributed by atoms with Gasteiger partial charge in [0.25, 0.3) is 0 Å². The van der Waals surface area contributed by atoms with Crippen molar-refractivity contribution in [2.45, 2.75) is 52.4 Å². The first-order chi connectivity index (χ1) is 11.5. The van der Waals surface area contributed by atoms with Crippen LogP contribution in [0.5, 0.6) is 0 Å². The summed E-state index contributed by atoms with van der Waals surface area (Å²) in [4.78, 5) is 11.8. The lowest BCUT2D eigenvalue weighted by Gasteiger charge is -2.68. The topological polar surface area (TPSA) is 77.8 Å². The minimum Gasteiger partial charge on any atom is -0.478 e. The number of hydrogen-bond donors (Lipinski definition) is 3. The molecule has 7 atom stereocenters. The van der Waals surface area contributed by atoms with Crippen LogP contribution < -0.4 is 0 Å². The van der Waals surface area contributed by atoms with Crippen molar-refractivity contribution in [2.24, 2.45) is 40.9 Å². The van der Waals surface area contributed by atoms with E-state index < -0.39 is 5.97 Å². The molecule has 136 valence electrons. The van der Waals surface area contributed by atoms with Crippen LogP contribution in [-0.4, -0.2) is 34.5 Å². The van der Waals surface area contributed by atoms with Crippen molar-refractivity contribution in [1.29, 1.82) is 0 Å². The lowest BCUT2D eigenvalue weighted by atomic mass is 9.36. The Bertz CT molecular complexity index is 514. The van der Waals surface area contributed by atoms with Crippen LogP contribution in [0.4, 0.5) is 0 Å². The lowest BCUT2D eigenvalue weighted by molar-refractivity contribution is -0.198. The molecule has 2 fully saturated rings. The molecule has 0 aliphatic heterocycles. The Labute approximate surface area is 145 Å². The maximum absolute atomic E-state index is 11.8. The van der Waals surface area contributed by atoms with E-state index >= 15 is 0 Å². The normalized spacial score (nSPS) is 41.8. The van der Waals surface area contributed by atoms with E-state index in [1.54, 1.807) is 0 Å². The highest BCUT2D eigenvalue weighted by molar-refractivity contribution is 5.88. The molecule has 0 aromatic carbocycles. The molecule has 3 aliphatic carbocycles. The molecular formula is C20H32O4. The van der Waals surface area contributed by atoms with Crippen LogP contribution in [0.3, 0.4) is 0 Å².